The zero-order chi connectivity index (χ0) is 12.3. The fourth-order valence-corrected chi connectivity index (χ4v) is 1.18. The lowest BCUT2D eigenvalue weighted by molar-refractivity contribution is -0.233. The maximum absolute atomic E-state index is 11.4. The van der Waals surface area contributed by atoms with Crippen molar-refractivity contribution in [3.8, 4) is 0 Å². The number of nitrogens with zero attached hydrogens (tertiary/aromatic N) is 1. The van der Waals surface area contributed by atoms with Crippen LogP contribution < -0.4 is 5.11 Å². The summed E-state index contributed by atoms with van der Waals surface area (Å²) in [5.74, 6) is -1.03. The molecule has 15 heavy (non-hydrogen) atoms. The van der Waals surface area contributed by atoms with Crippen LogP contribution in [0.25, 0.3) is 0 Å². The normalized spacial score (nSPS) is 14.7. The van der Waals surface area contributed by atoms with Crippen LogP contribution in [0.1, 0.15) is 20.8 Å². The molecule has 0 aliphatic rings. The third-order valence-electron chi connectivity index (χ3n) is 2.02. The van der Waals surface area contributed by atoms with Crippen LogP contribution in [0, 0.1) is 5.41 Å². The highest BCUT2D eigenvalue weighted by Gasteiger charge is 2.25. The summed E-state index contributed by atoms with van der Waals surface area (Å²) in [5.41, 5.74) is -1.54. The molecule has 0 aromatic carbocycles. The molecular formula is C8H16NO5S-. The van der Waals surface area contributed by atoms with Gasteiger partial charge in [-0.2, -0.15) is 4.40 Å². The molecule has 0 fully saturated rings. The Balaban J connectivity index is 5.17. The van der Waals surface area contributed by atoms with E-state index in [4.69, 9.17) is 10.2 Å². The summed E-state index contributed by atoms with van der Waals surface area (Å²) in [7, 11) is -3.85. The van der Waals surface area contributed by atoms with Gasteiger partial charge in [-0.1, -0.05) is 6.92 Å². The predicted molar refractivity (Wildman–Crippen MR) is 53.8 cm³/mol. The van der Waals surface area contributed by atoms with Crippen LogP contribution in [-0.2, 0) is 10.0 Å². The highest BCUT2D eigenvalue weighted by atomic mass is 32.2. The van der Waals surface area contributed by atoms with Crippen molar-refractivity contribution in [2.24, 2.45) is 9.81 Å². The van der Waals surface area contributed by atoms with Crippen molar-refractivity contribution in [3.05, 3.63) is 0 Å². The highest BCUT2D eigenvalue weighted by Crippen LogP contribution is 2.16. The second-order valence-electron chi connectivity index (χ2n) is 3.84. The van der Waals surface area contributed by atoms with E-state index in [1.807, 2.05) is 0 Å². The smallest absolute Gasteiger partial charge is 0.254 e. The van der Waals surface area contributed by atoms with E-state index >= 15 is 0 Å². The Bertz CT molecular complexity index is 329. The van der Waals surface area contributed by atoms with Crippen LogP contribution >= 0.6 is 0 Å². The zero-order valence-electron chi connectivity index (χ0n) is 8.97. The first-order chi connectivity index (χ1) is 6.69. The summed E-state index contributed by atoms with van der Waals surface area (Å²) in [4.78, 5) is 0. The Morgan fingerprint density at radius 1 is 1.40 bits per heavy atom. The Kier molecular flexibility index (Phi) is 4.69. The maximum Gasteiger partial charge on any atom is 0.254 e. The van der Waals surface area contributed by atoms with Gasteiger partial charge in [0.2, 0.25) is 0 Å². The molecule has 0 unspecified atom stereocenters. The Labute approximate surface area is 89.3 Å². The average Bonchev–Trinajstić information content (AvgIpc) is 2.15. The monoisotopic (exact) mass is 238 g/mol. The lowest BCUT2D eigenvalue weighted by Crippen LogP contribution is -2.44. The second-order valence-corrected chi connectivity index (χ2v) is 5.99. The molecule has 0 spiro atoms. The molecule has 0 saturated heterocycles. The predicted octanol–water partition coefficient (Wildman–Crippen LogP) is -1.53. The van der Waals surface area contributed by atoms with Crippen molar-refractivity contribution in [1.82, 2.24) is 0 Å². The molecule has 0 radical (unpaired) electrons. The van der Waals surface area contributed by atoms with Crippen LogP contribution in [0.2, 0.25) is 0 Å². The summed E-state index contributed by atoms with van der Waals surface area (Å²) >= 11 is 0. The van der Waals surface area contributed by atoms with Crippen molar-refractivity contribution in [2.45, 2.75) is 26.0 Å². The lowest BCUT2D eigenvalue weighted by Gasteiger charge is -2.30. The number of sulfonamides is 1. The first-order valence-corrected chi connectivity index (χ1v) is 5.93. The molecule has 0 aromatic heterocycles. The van der Waals surface area contributed by atoms with E-state index in [1.54, 1.807) is 0 Å². The van der Waals surface area contributed by atoms with Crippen LogP contribution in [0.4, 0.5) is 0 Å². The number of aliphatic hydroxyl groups excluding tert-OH is 2. The minimum absolute atomic E-state index is 0.653. The molecule has 0 amide bonds. The van der Waals surface area contributed by atoms with Gasteiger partial charge in [0.15, 0.2) is 0 Å². The van der Waals surface area contributed by atoms with Gasteiger partial charge in [0.1, 0.15) is 0 Å². The van der Waals surface area contributed by atoms with E-state index in [-0.39, 0.29) is 0 Å². The van der Waals surface area contributed by atoms with Crippen LogP contribution in [0.5, 0.6) is 0 Å². The fourth-order valence-electron chi connectivity index (χ4n) is 0.516. The Hall–Kier alpha value is -0.660. The van der Waals surface area contributed by atoms with Gasteiger partial charge in [-0.25, -0.2) is 8.42 Å². The molecule has 6 nitrogen and oxygen atoms in total. The van der Waals surface area contributed by atoms with Crippen LogP contribution in [0.15, 0.2) is 4.40 Å². The molecule has 0 heterocycles. The van der Waals surface area contributed by atoms with Crippen molar-refractivity contribution in [3.63, 3.8) is 0 Å². The molecule has 0 rings (SSSR count). The average molecular weight is 238 g/mol. The van der Waals surface area contributed by atoms with E-state index in [2.05, 4.69) is 4.40 Å². The van der Waals surface area contributed by atoms with E-state index < -0.39 is 39.8 Å². The van der Waals surface area contributed by atoms with Gasteiger partial charge in [0, 0.05) is 5.41 Å². The fraction of sp³-hybridized carbons (Fsp3) is 0.875. The number of hydrogen-bond donors (Lipinski definition) is 2. The molecule has 0 aliphatic carbocycles. The van der Waals surface area contributed by atoms with Gasteiger partial charge in [-0.05, 0) is 19.7 Å². The van der Waals surface area contributed by atoms with E-state index in [1.165, 1.54) is 20.8 Å². The second kappa shape index (κ2) is 4.91. The molecule has 0 aliphatic heterocycles. The molecule has 0 saturated carbocycles. The van der Waals surface area contributed by atoms with Gasteiger partial charge in [-0.3, -0.25) is 0 Å². The zero-order valence-corrected chi connectivity index (χ0v) is 9.78. The third kappa shape index (κ3) is 3.44. The third-order valence-corrected chi connectivity index (χ3v) is 3.63. The highest BCUT2D eigenvalue weighted by molar-refractivity contribution is 7.90. The molecule has 2 N–H and O–H groups in total. The Morgan fingerprint density at radius 3 is 2.07 bits per heavy atom. The lowest BCUT2D eigenvalue weighted by atomic mass is 9.93. The quantitative estimate of drug-likeness (QED) is 0.446. The summed E-state index contributed by atoms with van der Waals surface area (Å²) in [5, 5.41) is 28.3. The Morgan fingerprint density at radius 2 is 1.80 bits per heavy atom. The molecule has 0 aromatic rings. The number of rotatable bonds is 5. The first-order valence-electron chi connectivity index (χ1n) is 4.42. The van der Waals surface area contributed by atoms with E-state index in [9.17, 15) is 13.5 Å². The van der Waals surface area contributed by atoms with E-state index in [0.29, 0.717) is 0 Å². The summed E-state index contributed by atoms with van der Waals surface area (Å²) in [6, 6.07) is 0. The largest absolute Gasteiger partial charge is 0.861 e. The van der Waals surface area contributed by atoms with Gasteiger partial charge in [-0.15, -0.1) is 0 Å². The first kappa shape index (κ1) is 14.3. The van der Waals surface area contributed by atoms with Gasteiger partial charge in [0.25, 0.3) is 10.0 Å². The molecular weight excluding hydrogens is 222 g/mol. The van der Waals surface area contributed by atoms with Crippen LogP contribution in [0.3, 0.4) is 0 Å². The minimum Gasteiger partial charge on any atom is -0.861 e. The minimum atomic E-state index is -3.85. The van der Waals surface area contributed by atoms with Crippen molar-refractivity contribution in [1.29, 1.82) is 0 Å². The molecule has 7 heteroatoms. The van der Waals surface area contributed by atoms with Crippen molar-refractivity contribution < 1.29 is 23.7 Å². The number of aliphatic hydroxyl groups is 2. The van der Waals surface area contributed by atoms with Crippen molar-refractivity contribution in [2.75, 3.05) is 13.2 Å². The summed E-state index contributed by atoms with van der Waals surface area (Å²) < 4.78 is 25.6. The summed E-state index contributed by atoms with van der Waals surface area (Å²) in [6.07, 6.45) is 0. The van der Waals surface area contributed by atoms with E-state index in [0.717, 1.165) is 0 Å². The SMILES string of the molecule is CC(C)S(=O)(=O)/N=C(\[O-])C(C)(CO)CO. The van der Waals surface area contributed by atoms with Gasteiger partial charge in [0.05, 0.1) is 18.5 Å². The molecule has 0 atom stereocenters. The van der Waals surface area contributed by atoms with Crippen molar-refractivity contribution >= 4 is 15.9 Å². The summed E-state index contributed by atoms with van der Waals surface area (Å²) in [6.45, 7) is 2.72. The maximum atomic E-state index is 11.4. The van der Waals surface area contributed by atoms with Crippen LogP contribution in [-0.4, -0.2) is 43.0 Å². The standard InChI is InChI=1S/C8H17NO5S/c1-6(2)15(13,14)9-7(12)8(3,4-10)5-11/h6,10-11H,4-5H2,1-3H3,(H,9,12)/p-1. The number of hydrogen-bond acceptors (Lipinski definition) is 5. The topological polar surface area (TPSA) is 110 Å². The van der Waals surface area contributed by atoms with Gasteiger partial charge >= 0.3 is 0 Å². The molecule has 90 valence electrons. The van der Waals surface area contributed by atoms with Gasteiger partial charge < -0.3 is 15.3 Å². The molecule has 0 bridgehead atoms.